The monoisotopic (exact) mass is 774 g/mol. The average molecular weight is 775 g/mol. The van der Waals surface area contributed by atoms with E-state index in [0.717, 1.165) is 6.42 Å². The van der Waals surface area contributed by atoms with Gasteiger partial charge in [0.05, 0.1) is 21.1 Å². The van der Waals surface area contributed by atoms with Crippen molar-refractivity contribution >= 4 is 49.1 Å². The molecular formula is C36H46N4O11S2. The largest absolute Gasteiger partial charge is 0.748 e. The molecule has 53 heavy (non-hydrogen) atoms. The molecule has 2 aliphatic rings. The molecule has 0 bridgehead atoms. The van der Waals surface area contributed by atoms with E-state index in [9.17, 15) is 35.5 Å². The summed E-state index contributed by atoms with van der Waals surface area (Å²) >= 11 is 0. The number of nitrogens with one attached hydrogen (secondary N) is 1. The number of hydrogen-bond donors (Lipinski definition) is 2. The van der Waals surface area contributed by atoms with E-state index < -0.39 is 58.9 Å². The van der Waals surface area contributed by atoms with Gasteiger partial charge in [0.1, 0.15) is 39.2 Å². The molecule has 1 atom stereocenters. The lowest BCUT2D eigenvalue weighted by atomic mass is 9.93. The van der Waals surface area contributed by atoms with Crippen molar-refractivity contribution in [1.82, 2.24) is 14.7 Å². The fourth-order valence-electron chi connectivity index (χ4n) is 5.60. The number of hydrogen-bond acceptors (Lipinski definition) is 12. The number of nitrogens with zero attached hydrogens (tertiary/aromatic N) is 2. The number of rotatable bonds is 11. The number of quaternary nitrogens is 1. The molecule has 3 N–H and O–H groups in total. The van der Waals surface area contributed by atoms with E-state index in [4.69, 9.17) is 19.7 Å². The molecule has 15 nitrogen and oxygen atoms in total. The zero-order valence-electron chi connectivity index (χ0n) is 30.8. The molecule has 2 aromatic carbocycles. The van der Waals surface area contributed by atoms with E-state index in [1.165, 1.54) is 28.9 Å². The Labute approximate surface area is 309 Å². The zero-order chi connectivity index (χ0) is 39.6. The van der Waals surface area contributed by atoms with Crippen LogP contribution in [0.2, 0.25) is 0 Å². The van der Waals surface area contributed by atoms with Crippen LogP contribution in [0, 0.1) is 0 Å². The number of amides is 2. The molecule has 2 aromatic rings. The minimum absolute atomic E-state index is 0.0878. The topological polar surface area (TPSA) is 221 Å². The SMILES string of the molecule is CCCC[N+](N)(C(=O)OC(C)(C)C)c1ccc2c(-c3ccccc3S(=O)(=O)[O-])c3cc/c(=[N+](/CCCS(=O)(=O)[O-])NC(=O)OC(C)(C)C)cc-3oc2c1. The summed E-state index contributed by atoms with van der Waals surface area (Å²) < 4.78 is 89.8. The third-order valence-corrected chi connectivity index (χ3v) is 9.56. The highest BCUT2D eigenvalue weighted by atomic mass is 32.2. The lowest BCUT2D eigenvalue weighted by molar-refractivity contribution is 0.0257. The van der Waals surface area contributed by atoms with Crippen molar-refractivity contribution < 1.29 is 49.4 Å². The summed E-state index contributed by atoms with van der Waals surface area (Å²) in [6.07, 6.45) is -0.425. The minimum Gasteiger partial charge on any atom is -0.748 e. The van der Waals surface area contributed by atoms with Gasteiger partial charge < -0.3 is 23.0 Å². The highest BCUT2D eigenvalue weighted by Crippen LogP contribution is 2.43. The van der Waals surface area contributed by atoms with E-state index in [1.54, 1.807) is 77.9 Å². The van der Waals surface area contributed by atoms with Crippen molar-refractivity contribution in [2.24, 2.45) is 5.84 Å². The van der Waals surface area contributed by atoms with Crippen LogP contribution in [0.25, 0.3) is 33.4 Å². The third-order valence-electron chi connectivity index (χ3n) is 7.87. The Morgan fingerprint density at radius 1 is 0.887 bits per heavy atom. The zero-order valence-corrected chi connectivity index (χ0v) is 32.4. The summed E-state index contributed by atoms with van der Waals surface area (Å²) in [4.78, 5) is 26.0. The maximum Gasteiger partial charge on any atom is 0.541 e. The molecule has 1 unspecified atom stereocenters. The van der Waals surface area contributed by atoms with Crippen LogP contribution in [0.1, 0.15) is 67.7 Å². The van der Waals surface area contributed by atoms with Crippen LogP contribution in [-0.4, -0.2) is 68.2 Å². The molecule has 0 aromatic heterocycles. The van der Waals surface area contributed by atoms with E-state index in [1.807, 2.05) is 6.92 Å². The molecule has 0 saturated carbocycles. The van der Waals surface area contributed by atoms with Crippen molar-refractivity contribution in [1.29, 1.82) is 0 Å². The molecular weight excluding hydrogens is 729 g/mol. The smallest absolute Gasteiger partial charge is 0.541 e. The van der Waals surface area contributed by atoms with Gasteiger partial charge in [0.15, 0.2) is 12.2 Å². The Balaban J connectivity index is 2.08. The number of ether oxygens (including phenoxy) is 2. The molecule has 1 heterocycles. The molecule has 288 valence electrons. The van der Waals surface area contributed by atoms with Gasteiger partial charge in [-0.05, 0) is 66.2 Å². The normalized spacial score (nSPS) is 14.5. The Morgan fingerprint density at radius 3 is 2.15 bits per heavy atom. The molecule has 1 aliphatic heterocycles. The molecule has 1 aliphatic carbocycles. The highest BCUT2D eigenvalue weighted by molar-refractivity contribution is 7.86. The predicted molar refractivity (Wildman–Crippen MR) is 197 cm³/mol. The molecule has 4 rings (SSSR count). The van der Waals surface area contributed by atoms with Crippen LogP contribution in [0.3, 0.4) is 0 Å². The second-order valence-corrected chi connectivity index (χ2v) is 17.5. The highest BCUT2D eigenvalue weighted by Gasteiger charge is 2.41. The Hall–Kier alpha value is -4.39. The molecule has 0 fully saturated rings. The number of benzene rings is 3. The summed E-state index contributed by atoms with van der Waals surface area (Å²) in [6.45, 7) is 12.2. The number of nitrogens with two attached hydrogens (primary N) is 1. The van der Waals surface area contributed by atoms with Gasteiger partial charge >= 0.3 is 12.2 Å². The molecule has 0 spiro atoms. The third kappa shape index (κ3) is 10.6. The second-order valence-electron chi connectivity index (χ2n) is 14.6. The first-order valence-corrected chi connectivity index (χ1v) is 19.9. The predicted octanol–water partition coefficient (Wildman–Crippen LogP) is 5.17. The van der Waals surface area contributed by atoms with Gasteiger partial charge in [-0.25, -0.2) is 21.6 Å². The standard InChI is InChI=1S/C36H46N4O11S2/c1-8-9-20-40(37,34(42)51-36(5,6)7)25-16-18-27-30(23-25)49-29-22-24(39(19-12-21-52(43,44)45)38-33(41)50-35(2,3)4)15-17-26(29)32(27)28-13-10-11-14-31(28)53(46,47)48/h10-11,13-18,22-23H,8-9,12,19-21,37H2,1-7H3,(H-2,38,41,43,44,45,46,47,48)/b39-24+. The van der Waals surface area contributed by atoms with Crippen LogP contribution < -0.4 is 25.9 Å². The van der Waals surface area contributed by atoms with E-state index in [-0.39, 0.29) is 41.8 Å². The number of fused-ring (bicyclic) bond motifs is 2. The van der Waals surface area contributed by atoms with Gasteiger partial charge in [0.25, 0.3) is 0 Å². The maximum atomic E-state index is 13.6. The minimum atomic E-state index is -4.97. The maximum absolute atomic E-state index is 13.6. The summed E-state index contributed by atoms with van der Waals surface area (Å²) in [7, 11) is -9.54. The lowest BCUT2D eigenvalue weighted by Crippen LogP contribution is -2.62. The summed E-state index contributed by atoms with van der Waals surface area (Å²) in [6, 6.07) is 15.2. The second kappa shape index (κ2) is 15.5. The number of unbranched alkanes of at least 4 members (excludes halogenated alkanes) is 1. The molecule has 17 heteroatoms. The van der Waals surface area contributed by atoms with Gasteiger partial charge in [-0.2, -0.15) is 10.6 Å². The van der Waals surface area contributed by atoms with Crippen molar-refractivity contribution in [3.63, 3.8) is 0 Å². The first-order valence-electron chi connectivity index (χ1n) is 16.9. The van der Waals surface area contributed by atoms with E-state index in [2.05, 4.69) is 5.43 Å². The van der Waals surface area contributed by atoms with Crippen LogP contribution in [0.5, 0.6) is 0 Å². The van der Waals surface area contributed by atoms with Crippen molar-refractivity contribution in [2.75, 3.05) is 18.8 Å². The molecule has 0 radical (unpaired) electrons. The summed E-state index contributed by atoms with van der Waals surface area (Å²) in [5.74, 6) is 6.24. The average Bonchev–Trinajstić information content (AvgIpc) is 3.02. The van der Waals surface area contributed by atoms with Gasteiger partial charge in [-0.15, -0.1) is 9.28 Å². The van der Waals surface area contributed by atoms with E-state index in [0.29, 0.717) is 28.6 Å². The quantitative estimate of drug-likeness (QED) is 0.0383. The number of hydrazine groups is 1. The van der Waals surface area contributed by atoms with Gasteiger partial charge in [0.2, 0.25) is 5.36 Å². The summed E-state index contributed by atoms with van der Waals surface area (Å²) in [5, 5.41) is 0.669. The Kier molecular flexibility index (Phi) is 12.1. The van der Waals surface area contributed by atoms with Gasteiger partial charge in [-0.1, -0.05) is 37.0 Å². The van der Waals surface area contributed by atoms with Crippen molar-refractivity contribution in [3.8, 4) is 22.5 Å². The van der Waals surface area contributed by atoms with E-state index >= 15 is 0 Å². The van der Waals surface area contributed by atoms with Gasteiger partial charge in [0, 0.05) is 52.4 Å². The summed E-state index contributed by atoms with van der Waals surface area (Å²) in [5.41, 5.74) is 2.10. The Morgan fingerprint density at radius 2 is 1.55 bits per heavy atom. The van der Waals surface area contributed by atoms with Crippen molar-refractivity contribution in [3.05, 3.63) is 66.0 Å². The fraction of sp³-hybridized carbons (Fsp3) is 0.417. The Bertz CT molecular complexity index is 2270. The number of carbonyl (C=O) groups is 2. The lowest BCUT2D eigenvalue weighted by Gasteiger charge is -2.31. The molecule has 0 saturated heterocycles. The van der Waals surface area contributed by atoms with Crippen LogP contribution in [0.15, 0.2) is 70.0 Å². The number of carbonyl (C=O) groups excluding carboxylic acids is 2. The van der Waals surface area contributed by atoms with Crippen LogP contribution in [-0.2, 0) is 29.7 Å². The van der Waals surface area contributed by atoms with Crippen LogP contribution in [0.4, 0.5) is 15.3 Å². The first-order chi connectivity index (χ1) is 24.4. The molecule has 2 amide bonds. The van der Waals surface area contributed by atoms with Gasteiger partial charge in [-0.3, -0.25) is 0 Å². The first kappa shape index (κ1) is 41.4. The fourth-order valence-corrected chi connectivity index (χ4v) is 6.77. The van der Waals surface area contributed by atoms with Crippen molar-refractivity contribution in [2.45, 2.75) is 83.8 Å². The van der Waals surface area contributed by atoms with Crippen LogP contribution >= 0.6 is 0 Å².